The zero-order valence-electron chi connectivity index (χ0n) is 12.8. The Bertz CT molecular complexity index is 568. The summed E-state index contributed by atoms with van der Waals surface area (Å²) in [6.07, 6.45) is 3.44. The number of ether oxygens (including phenoxy) is 1. The molecule has 0 radical (unpaired) electrons. The molecule has 21 heavy (non-hydrogen) atoms. The van der Waals surface area contributed by atoms with E-state index in [4.69, 9.17) is 4.74 Å². The van der Waals surface area contributed by atoms with E-state index in [1.807, 2.05) is 55.5 Å². The smallest absolute Gasteiger partial charge is 0.193 e. The molecule has 0 aromatic heterocycles. The van der Waals surface area contributed by atoms with Crippen LogP contribution in [0.4, 0.5) is 0 Å². The van der Waals surface area contributed by atoms with Crippen molar-refractivity contribution in [1.82, 2.24) is 0 Å². The Labute approximate surface area is 126 Å². The Hall–Kier alpha value is -2.09. The summed E-state index contributed by atoms with van der Waals surface area (Å²) in [7, 11) is 0. The van der Waals surface area contributed by atoms with Gasteiger partial charge in [-0.1, -0.05) is 49.6 Å². The van der Waals surface area contributed by atoms with E-state index in [-0.39, 0.29) is 5.78 Å². The van der Waals surface area contributed by atoms with Crippen molar-refractivity contribution in [2.75, 3.05) is 6.61 Å². The van der Waals surface area contributed by atoms with Gasteiger partial charge in [0.05, 0.1) is 6.61 Å². The quantitative estimate of drug-likeness (QED) is 0.539. The molecule has 2 rings (SSSR count). The molecule has 2 aromatic carbocycles. The monoisotopic (exact) mass is 282 g/mol. The van der Waals surface area contributed by atoms with E-state index in [1.54, 1.807) is 0 Å². The minimum atomic E-state index is 0.0486. The highest BCUT2D eigenvalue weighted by molar-refractivity contribution is 6.09. The summed E-state index contributed by atoms with van der Waals surface area (Å²) >= 11 is 0. The number of unbranched alkanes of at least 4 members (excludes halogenated alkanes) is 2. The fourth-order valence-corrected chi connectivity index (χ4v) is 2.12. The zero-order valence-corrected chi connectivity index (χ0v) is 12.8. The van der Waals surface area contributed by atoms with E-state index in [0.717, 1.165) is 29.9 Å². The zero-order chi connectivity index (χ0) is 15.1. The highest BCUT2D eigenvalue weighted by atomic mass is 16.5. The third-order valence-electron chi connectivity index (χ3n) is 3.45. The molecule has 0 aliphatic carbocycles. The lowest BCUT2D eigenvalue weighted by molar-refractivity contribution is 0.103. The number of benzene rings is 2. The van der Waals surface area contributed by atoms with Crippen LogP contribution in [-0.4, -0.2) is 12.4 Å². The van der Waals surface area contributed by atoms with Gasteiger partial charge >= 0.3 is 0 Å². The number of carbonyl (C=O) groups is 1. The first-order valence-corrected chi connectivity index (χ1v) is 7.55. The molecule has 0 N–H and O–H groups in total. The second-order valence-electron chi connectivity index (χ2n) is 5.28. The number of hydrogen-bond donors (Lipinski definition) is 0. The van der Waals surface area contributed by atoms with Crippen molar-refractivity contribution in [2.24, 2.45) is 0 Å². The van der Waals surface area contributed by atoms with E-state index in [0.29, 0.717) is 5.56 Å². The van der Waals surface area contributed by atoms with Crippen molar-refractivity contribution in [2.45, 2.75) is 33.1 Å². The highest BCUT2D eigenvalue weighted by Crippen LogP contribution is 2.16. The number of rotatable bonds is 7. The second kappa shape index (κ2) is 7.63. The van der Waals surface area contributed by atoms with Gasteiger partial charge in [0.2, 0.25) is 0 Å². The molecule has 2 heteroatoms. The van der Waals surface area contributed by atoms with Crippen LogP contribution in [0.15, 0.2) is 48.5 Å². The second-order valence-corrected chi connectivity index (χ2v) is 5.28. The molecular formula is C19H22O2. The average Bonchev–Trinajstić information content (AvgIpc) is 2.52. The molecule has 0 bridgehead atoms. The van der Waals surface area contributed by atoms with Gasteiger partial charge in [0, 0.05) is 11.1 Å². The van der Waals surface area contributed by atoms with Gasteiger partial charge in [0.15, 0.2) is 5.78 Å². The summed E-state index contributed by atoms with van der Waals surface area (Å²) in [4.78, 5) is 12.3. The minimum Gasteiger partial charge on any atom is -0.494 e. The van der Waals surface area contributed by atoms with Crippen molar-refractivity contribution >= 4 is 5.78 Å². The van der Waals surface area contributed by atoms with Crippen LogP contribution in [0.25, 0.3) is 0 Å². The van der Waals surface area contributed by atoms with E-state index in [2.05, 4.69) is 6.92 Å². The van der Waals surface area contributed by atoms with Gasteiger partial charge in [0.1, 0.15) is 5.75 Å². The largest absolute Gasteiger partial charge is 0.494 e. The van der Waals surface area contributed by atoms with E-state index in [1.165, 1.54) is 12.8 Å². The van der Waals surface area contributed by atoms with Gasteiger partial charge in [-0.25, -0.2) is 0 Å². The molecule has 0 saturated carbocycles. The Morgan fingerprint density at radius 3 is 2.05 bits per heavy atom. The maximum absolute atomic E-state index is 12.3. The standard InChI is InChI=1S/C19H22O2/c1-3-4-5-14-21-18-12-10-17(11-13-18)19(20)16-8-6-15(2)7-9-16/h6-13H,3-5,14H2,1-2H3. The molecule has 0 unspecified atom stereocenters. The van der Waals surface area contributed by atoms with Crippen LogP contribution in [0.1, 0.15) is 47.7 Å². The van der Waals surface area contributed by atoms with Crippen molar-refractivity contribution < 1.29 is 9.53 Å². The molecule has 0 fully saturated rings. The van der Waals surface area contributed by atoms with Crippen LogP contribution in [-0.2, 0) is 0 Å². The van der Waals surface area contributed by atoms with Crippen LogP contribution in [0.2, 0.25) is 0 Å². The summed E-state index contributed by atoms with van der Waals surface area (Å²) in [5, 5.41) is 0. The maximum Gasteiger partial charge on any atom is 0.193 e. The van der Waals surface area contributed by atoms with Crippen LogP contribution in [0.3, 0.4) is 0 Å². The van der Waals surface area contributed by atoms with Gasteiger partial charge in [-0.2, -0.15) is 0 Å². The Morgan fingerprint density at radius 1 is 0.905 bits per heavy atom. The summed E-state index contributed by atoms with van der Waals surface area (Å²) in [6.45, 7) is 4.92. The fourth-order valence-electron chi connectivity index (χ4n) is 2.12. The maximum atomic E-state index is 12.3. The molecule has 0 saturated heterocycles. The normalized spacial score (nSPS) is 10.4. The first-order valence-electron chi connectivity index (χ1n) is 7.55. The minimum absolute atomic E-state index is 0.0486. The van der Waals surface area contributed by atoms with E-state index >= 15 is 0 Å². The molecule has 0 aliphatic rings. The van der Waals surface area contributed by atoms with E-state index < -0.39 is 0 Å². The lowest BCUT2D eigenvalue weighted by Gasteiger charge is -2.07. The van der Waals surface area contributed by atoms with Gasteiger partial charge in [0.25, 0.3) is 0 Å². The van der Waals surface area contributed by atoms with Gasteiger partial charge in [-0.3, -0.25) is 4.79 Å². The molecule has 2 aromatic rings. The Morgan fingerprint density at radius 2 is 1.48 bits per heavy atom. The van der Waals surface area contributed by atoms with Crippen LogP contribution >= 0.6 is 0 Å². The highest BCUT2D eigenvalue weighted by Gasteiger charge is 2.08. The summed E-state index contributed by atoms with van der Waals surface area (Å²) < 4.78 is 5.65. The molecule has 110 valence electrons. The van der Waals surface area contributed by atoms with Gasteiger partial charge in [-0.15, -0.1) is 0 Å². The third kappa shape index (κ3) is 4.45. The van der Waals surface area contributed by atoms with Crippen LogP contribution < -0.4 is 4.74 Å². The molecule has 0 amide bonds. The van der Waals surface area contributed by atoms with Crippen LogP contribution in [0.5, 0.6) is 5.75 Å². The average molecular weight is 282 g/mol. The first kappa shape index (κ1) is 15.3. The van der Waals surface area contributed by atoms with Crippen molar-refractivity contribution in [3.8, 4) is 5.75 Å². The Balaban J connectivity index is 1.98. The number of ketones is 1. The summed E-state index contributed by atoms with van der Waals surface area (Å²) in [5.74, 6) is 0.874. The number of hydrogen-bond acceptors (Lipinski definition) is 2. The third-order valence-corrected chi connectivity index (χ3v) is 3.45. The summed E-state index contributed by atoms with van der Waals surface area (Å²) in [5.41, 5.74) is 2.57. The topological polar surface area (TPSA) is 26.3 Å². The molecule has 2 nitrogen and oxygen atoms in total. The molecule has 0 heterocycles. The predicted octanol–water partition coefficient (Wildman–Crippen LogP) is 4.80. The van der Waals surface area contributed by atoms with Crippen molar-refractivity contribution in [3.05, 3.63) is 65.2 Å². The SMILES string of the molecule is CCCCCOc1ccc(C(=O)c2ccc(C)cc2)cc1. The van der Waals surface area contributed by atoms with Gasteiger partial charge < -0.3 is 4.74 Å². The van der Waals surface area contributed by atoms with Crippen LogP contribution in [0, 0.1) is 6.92 Å². The van der Waals surface area contributed by atoms with E-state index in [9.17, 15) is 4.79 Å². The Kier molecular flexibility index (Phi) is 5.56. The molecule has 0 spiro atoms. The molecular weight excluding hydrogens is 260 g/mol. The number of carbonyl (C=O) groups excluding carboxylic acids is 1. The summed E-state index contributed by atoms with van der Waals surface area (Å²) in [6, 6.07) is 15.0. The van der Waals surface area contributed by atoms with Gasteiger partial charge in [-0.05, 0) is 37.6 Å². The predicted molar refractivity (Wildman–Crippen MR) is 86.1 cm³/mol. The fraction of sp³-hybridized carbons (Fsp3) is 0.316. The lowest BCUT2D eigenvalue weighted by Crippen LogP contribution is -2.02. The van der Waals surface area contributed by atoms with Crippen molar-refractivity contribution in [3.63, 3.8) is 0 Å². The lowest BCUT2D eigenvalue weighted by atomic mass is 10.0. The van der Waals surface area contributed by atoms with Crippen molar-refractivity contribution in [1.29, 1.82) is 0 Å². The first-order chi connectivity index (χ1) is 10.2. The molecule has 0 aliphatic heterocycles. The molecule has 0 atom stereocenters. The number of aryl methyl sites for hydroxylation is 1.